The number of benzene rings is 1. The number of aromatic hydroxyl groups is 2. The molecule has 0 aliphatic rings. The van der Waals surface area contributed by atoms with E-state index in [0.717, 1.165) is 0 Å². The van der Waals surface area contributed by atoms with Crippen LogP contribution in [0.5, 0.6) is 11.5 Å². The van der Waals surface area contributed by atoms with Gasteiger partial charge in [-0.3, -0.25) is 0 Å². The highest BCUT2D eigenvalue weighted by Gasteiger charge is 2.27. The fourth-order valence-corrected chi connectivity index (χ4v) is 1.23. The summed E-state index contributed by atoms with van der Waals surface area (Å²) < 4.78 is 0. The van der Waals surface area contributed by atoms with Gasteiger partial charge in [0.2, 0.25) is 0 Å². The van der Waals surface area contributed by atoms with Crippen molar-refractivity contribution in [2.75, 3.05) is 0 Å². The van der Waals surface area contributed by atoms with Gasteiger partial charge in [-0.2, -0.15) is 0 Å². The molecule has 1 aromatic carbocycles. The monoisotopic (exact) mass is 211 g/mol. The number of aliphatic hydroxyl groups is 1. The lowest BCUT2D eigenvalue weighted by Gasteiger charge is -2.27. The van der Waals surface area contributed by atoms with E-state index in [1.165, 1.54) is 6.07 Å². The number of rotatable bonds is 3. The summed E-state index contributed by atoms with van der Waals surface area (Å²) in [6.45, 7) is 3.58. The molecule has 84 valence electrons. The van der Waals surface area contributed by atoms with Gasteiger partial charge in [0, 0.05) is 12.0 Å². The number of hydrogen-bond acceptors (Lipinski definition) is 4. The molecule has 0 bridgehead atoms. The maximum Gasteiger partial charge on any atom is 0.160 e. The van der Waals surface area contributed by atoms with Gasteiger partial charge in [-0.15, -0.1) is 0 Å². The zero-order valence-corrected chi connectivity index (χ0v) is 8.94. The third-order valence-electron chi connectivity index (χ3n) is 2.57. The van der Waals surface area contributed by atoms with E-state index in [9.17, 15) is 15.3 Å². The highest BCUT2D eigenvalue weighted by atomic mass is 16.3. The van der Waals surface area contributed by atoms with Crippen molar-refractivity contribution in [1.29, 1.82) is 0 Å². The van der Waals surface area contributed by atoms with Gasteiger partial charge >= 0.3 is 0 Å². The van der Waals surface area contributed by atoms with Crippen molar-refractivity contribution in [1.82, 2.24) is 0 Å². The molecule has 15 heavy (non-hydrogen) atoms. The Balaban J connectivity index is 2.95. The van der Waals surface area contributed by atoms with Crippen molar-refractivity contribution >= 4 is 0 Å². The van der Waals surface area contributed by atoms with E-state index >= 15 is 0 Å². The summed E-state index contributed by atoms with van der Waals surface area (Å²) in [4.78, 5) is 0. The van der Waals surface area contributed by atoms with Crippen molar-refractivity contribution in [2.24, 2.45) is 11.7 Å². The zero-order chi connectivity index (χ0) is 11.6. The molecule has 0 spiro atoms. The molecule has 0 saturated heterocycles. The average molecular weight is 211 g/mol. The SMILES string of the molecule is CC(C)C(N)(O)Cc1cccc(O)c1O. The van der Waals surface area contributed by atoms with Crippen LogP contribution >= 0.6 is 0 Å². The second kappa shape index (κ2) is 4.08. The van der Waals surface area contributed by atoms with Crippen molar-refractivity contribution in [3.05, 3.63) is 23.8 Å². The summed E-state index contributed by atoms with van der Waals surface area (Å²) >= 11 is 0. The summed E-state index contributed by atoms with van der Waals surface area (Å²) in [5.41, 5.74) is 4.73. The van der Waals surface area contributed by atoms with Crippen LogP contribution in [0.4, 0.5) is 0 Å². The predicted octanol–water partition coefficient (Wildman–Crippen LogP) is 0.944. The Morgan fingerprint density at radius 1 is 1.33 bits per heavy atom. The highest BCUT2D eigenvalue weighted by Crippen LogP contribution is 2.31. The number of phenolic OH excluding ortho intramolecular Hbond substituents is 2. The van der Waals surface area contributed by atoms with Crippen molar-refractivity contribution in [3.63, 3.8) is 0 Å². The van der Waals surface area contributed by atoms with Gasteiger partial charge in [0.15, 0.2) is 11.5 Å². The minimum Gasteiger partial charge on any atom is -0.504 e. The summed E-state index contributed by atoms with van der Waals surface area (Å²) in [6, 6.07) is 4.60. The van der Waals surface area contributed by atoms with Crippen LogP contribution in [0.25, 0.3) is 0 Å². The number of hydrogen-bond donors (Lipinski definition) is 4. The van der Waals surface area contributed by atoms with E-state index in [1.54, 1.807) is 26.0 Å². The standard InChI is InChI=1S/C11H17NO3/c1-7(2)11(12,15)6-8-4-3-5-9(13)10(8)14/h3-5,7,13-15H,6,12H2,1-2H3. The third-order valence-corrected chi connectivity index (χ3v) is 2.57. The maximum atomic E-state index is 9.85. The van der Waals surface area contributed by atoms with Crippen LogP contribution in [0.15, 0.2) is 18.2 Å². The van der Waals surface area contributed by atoms with E-state index in [2.05, 4.69) is 0 Å². The Kier molecular flexibility index (Phi) is 3.21. The molecule has 1 rings (SSSR count). The fraction of sp³-hybridized carbons (Fsp3) is 0.455. The normalized spacial score (nSPS) is 15.3. The van der Waals surface area contributed by atoms with Crippen LogP contribution in [-0.4, -0.2) is 21.0 Å². The molecule has 1 atom stereocenters. The molecule has 0 aliphatic carbocycles. The van der Waals surface area contributed by atoms with E-state index in [1.807, 2.05) is 0 Å². The third kappa shape index (κ3) is 2.61. The quantitative estimate of drug-likeness (QED) is 0.443. The maximum absolute atomic E-state index is 9.85. The molecule has 5 N–H and O–H groups in total. The Hall–Kier alpha value is -1.26. The Morgan fingerprint density at radius 3 is 2.47 bits per heavy atom. The van der Waals surface area contributed by atoms with Crippen LogP contribution in [0, 0.1) is 5.92 Å². The molecule has 0 fully saturated rings. The van der Waals surface area contributed by atoms with E-state index < -0.39 is 5.72 Å². The first-order valence-electron chi connectivity index (χ1n) is 4.85. The molecular formula is C11H17NO3. The van der Waals surface area contributed by atoms with Crippen molar-refractivity contribution in [2.45, 2.75) is 26.0 Å². The van der Waals surface area contributed by atoms with Crippen LogP contribution in [0.2, 0.25) is 0 Å². The predicted molar refractivity (Wildman–Crippen MR) is 57.5 cm³/mol. The van der Waals surface area contributed by atoms with E-state index in [-0.39, 0.29) is 23.8 Å². The van der Waals surface area contributed by atoms with Gasteiger partial charge < -0.3 is 21.1 Å². The van der Waals surface area contributed by atoms with Crippen LogP contribution in [0.1, 0.15) is 19.4 Å². The molecule has 4 nitrogen and oxygen atoms in total. The molecule has 0 aliphatic heterocycles. The van der Waals surface area contributed by atoms with E-state index in [0.29, 0.717) is 5.56 Å². The highest BCUT2D eigenvalue weighted by molar-refractivity contribution is 5.44. The first-order chi connectivity index (χ1) is 6.84. The Morgan fingerprint density at radius 2 is 1.93 bits per heavy atom. The fourth-order valence-electron chi connectivity index (χ4n) is 1.23. The van der Waals surface area contributed by atoms with E-state index in [4.69, 9.17) is 5.73 Å². The summed E-state index contributed by atoms with van der Waals surface area (Å²) in [7, 11) is 0. The van der Waals surface area contributed by atoms with Crippen molar-refractivity contribution < 1.29 is 15.3 Å². The molecule has 0 radical (unpaired) electrons. The molecule has 0 heterocycles. The van der Waals surface area contributed by atoms with Crippen LogP contribution in [-0.2, 0) is 6.42 Å². The second-order valence-electron chi connectivity index (χ2n) is 4.11. The van der Waals surface area contributed by atoms with Gasteiger partial charge in [0.05, 0.1) is 0 Å². The Labute approximate surface area is 89.0 Å². The molecular weight excluding hydrogens is 194 g/mol. The summed E-state index contributed by atoms with van der Waals surface area (Å²) in [5, 5.41) is 28.6. The van der Waals surface area contributed by atoms with Gasteiger partial charge in [0.1, 0.15) is 5.72 Å². The van der Waals surface area contributed by atoms with Crippen LogP contribution < -0.4 is 5.73 Å². The van der Waals surface area contributed by atoms with Gasteiger partial charge in [-0.25, -0.2) is 0 Å². The smallest absolute Gasteiger partial charge is 0.160 e. The van der Waals surface area contributed by atoms with Crippen molar-refractivity contribution in [3.8, 4) is 11.5 Å². The van der Waals surface area contributed by atoms with Gasteiger partial charge in [-0.05, 0) is 12.0 Å². The lowest BCUT2D eigenvalue weighted by Crippen LogP contribution is -2.46. The number of nitrogens with two attached hydrogens (primary N) is 1. The first-order valence-corrected chi connectivity index (χ1v) is 4.85. The molecule has 1 aromatic rings. The summed E-state index contributed by atoms with van der Waals surface area (Å²) in [6.07, 6.45) is 0.102. The lowest BCUT2D eigenvalue weighted by atomic mass is 9.92. The van der Waals surface area contributed by atoms with Gasteiger partial charge in [0.25, 0.3) is 0 Å². The van der Waals surface area contributed by atoms with Gasteiger partial charge in [-0.1, -0.05) is 26.0 Å². The Bertz CT molecular complexity index is 348. The molecule has 0 aromatic heterocycles. The zero-order valence-electron chi connectivity index (χ0n) is 8.94. The summed E-state index contributed by atoms with van der Waals surface area (Å²) in [5.74, 6) is -0.562. The lowest BCUT2D eigenvalue weighted by molar-refractivity contribution is 0.000954. The molecule has 0 saturated carbocycles. The van der Waals surface area contributed by atoms with Crippen LogP contribution in [0.3, 0.4) is 0 Å². The molecule has 4 heteroatoms. The molecule has 1 unspecified atom stereocenters. The topological polar surface area (TPSA) is 86.7 Å². The minimum absolute atomic E-state index is 0.102. The second-order valence-corrected chi connectivity index (χ2v) is 4.11. The first kappa shape index (κ1) is 11.8. The number of phenols is 2. The number of para-hydroxylation sites is 1. The minimum atomic E-state index is -1.38. The molecule has 0 amide bonds. The largest absolute Gasteiger partial charge is 0.504 e. The average Bonchev–Trinajstić information content (AvgIpc) is 2.12.